The first-order chi connectivity index (χ1) is 13.9. The fourth-order valence-electron chi connectivity index (χ4n) is 3.92. The monoisotopic (exact) mass is 460 g/mol. The van der Waals surface area contributed by atoms with E-state index in [0.29, 0.717) is 11.4 Å². The van der Waals surface area contributed by atoms with Crippen LogP contribution in [-0.2, 0) is 12.0 Å². The maximum Gasteiger partial charge on any atom is 0.421 e. The molecule has 0 fully saturated rings. The van der Waals surface area contributed by atoms with Gasteiger partial charge in [0.25, 0.3) is 5.65 Å². The summed E-state index contributed by atoms with van der Waals surface area (Å²) in [5, 5.41) is 11.6. The predicted molar refractivity (Wildman–Crippen MR) is 105 cm³/mol. The van der Waals surface area contributed by atoms with E-state index in [9.17, 15) is 22.7 Å². The molecule has 3 rings (SSSR count). The normalized spacial score (nSPS) is 14.2. The van der Waals surface area contributed by atoms with Gasteiger partial charge in [-0.3, -0.25) is 0 Å². The first-order valence-corrected chi connectivity index (χ1v) is 9.47. The molecule has 0 saturated heterocycles. The van der Waals surface area contributed by atoms with E-state index in [1.807, 2.05) is 6.07 Å². The molecule has 1 aromatic carbocycles. The first-order valence-electron chi connectivity index (χ1n) is 9.47. The lowest BCUT2D eigenvalue weighted by molar-refractivity contribution is -0.694. The van der Waals surface area contributed by atoms with Gasteiger partial charge in [-0.15, -0.1) is 0 Å². The van der Waals surface area contributed by atoms with Crippen molar-refractivity contribution >= 4 is 11.0 Å². The van der Waals surface area contributed by atoms with Crippen LogP contribution in [0.15, 0.2) is 42.6 Å². The maximum absolute atomic E-state index is 14.5. The van der Waals surface area contributed by atoms with Crippen molar-refractivity contribution in [3.8, 4) is 5.75 Å². The van der Waals surface area contributed by atoms with Crippen LogP contribution in [0.2, 0.25) is 0 Å². The summed E-state index contributed by atoms with van der Waals surface area (Å²) in [4.78, 5) is 3.03. The second kappa shape index (κ2) is 8.67. The highest BCUT2D eigenvalue weighted by molar-refractivity contribution is 5.73. The second-order valence-corrected chi connectivity index (χ2v) is 8.33. The number of rotatable bonds is 6. The number of aliphatic hydroxyl groups is 1. The largest absolute Gasteiger partial charge is 1.00 e. The maximum atomic E-state index is 14.5. The molecule has 0 aliphatic rings. The molecule has 1 unspecified atom stereocenters. The summed E-state index contributed by atoms with van der Waals surface area (Å²) in [6, 6.07) is 9.13. The smallest absolute Gasteiger partial charge is 0.421 e. The zero-order valence-electron chi connectivity index (χ0n) is 17.6. The van der Waals surface area contributed by atoms with Crippen LogP contribution in [0.4, 0.5) is 17.6 Å². The summed E-state index contributed by atoms with van der Waals surface area (Å²) < 4.78 is 63.2. The molecular weight excluding hydrogens is 436 g/mol. The minimum Gasteiger partial charge on any atom is -1.00 e. The number of ether oxygens (including phenoxy) is 1. The van der Waals surface area contributed by atoms with Gasteiger partial charge in [-0.25, -0.2) is 13.9 Å². The Morgan fingerprint density at radius 1 is 1.13 bits per heavy atom. The Labute approximate surface area is 184 Å². The third kappa shape index (κ3) is 4.96. The molecule has 0 bridgehead atoms. The molecule has 9 heteroatoms. The van der Waals surface area contributed by atoms with Crippen molar-refractivity contribution in [3.63, 3.8) is 0 Å². The second-order valence-electron chi connectivity index (χ2n) is 8.33. The van der Waals surface area contributed by atoms with Gasteiger partial charge in [0.05, 0.1) is 24.4 Å². The Kier molecular flexibility index (Phi) is 6.97. The third-order valence-electron chi connectivity index (χ3n) is 5.39. The predicted octanol–water partition coefficient (Wildman–Crippen LogP) is 1.58. The van der Waals surface area contributed by atoms with Crippen LogP contribution in [0.25, 0.3) is 11.0 Å². The minimum absolute atomic E-state index is 0. The summed E-state index contributed by atoms with van der Waals surface area (Å²) >= 11 is 0. The lowest BCUT2D eigenvalue weighted by Crippen LogP contribution is -3.00. The zero-order valence-corrected chi connectivity index (χ0v) is 18.4. The molecule has 0 aliphatic carbocycles. The molecule has 170 valence electrons. The molecule has 2 aromatic heterocycles. The van der Waals surface area contributed by atoms with Crippen LogP contribution in [0.5, 0.6) is 5.75 Å². The van der Waals surface area contributed by atoms with E-state index < -0.39 is 36.0 Å². The fourth-order valence-corrected chi connectivity index (χ4v) is 3.92. The van der Waals surface area contributed by atoms with Crippen LogP contribution in [-0.4, -0.2) is 29.0 Å². The van der Waals surface area contributed by atoms with Crippen LogP contribution in [0, 0.1) is 12.7 Å². The number of halogens is 5. The highest BCUT2D eigenvalue weighted by Crippen LogP contribution is 2.42. The number of nitrogens with zero attached hydrogens (tertiary/aromatic N) is 1. The van der Waals surface area contributed by atoms with Gasteiger partial charge in [0, 0.05) is 0 Å². The standard InChI is InChI=1S/C22H24F4N2O2.ClH/c1-14-10-15-6-5-9-28(19(15)27-14)13-21(29,22(24,25)26)12-20(2,3)17-11-16(30-4)7-8-18(17)23;/h5-11,29H,12-13H2,1-4H3;1H. The van der Waals surface area contributed by atoms with E-state index >= 15 is 0 Å². The number of aryl methyl sites for hydroxylation is 1. The number of alkyl halides is 3. The van der Waals surface area contributed by atoms with Gasteiger partial charge in [0.2, 0.25) is 0 Å². The van der Waals surface area contributed by atoms with Crippen molar-refractivity contribution in [3.05, 3.63) is 59.7 Å². The fraction of sp³-hybridized carbons (Fsp3) is 0.409. The quantitative estimate of drug-likeness (QED) is 0.433. The lowest BCUT2D eigenvalue weighted by Gasteiger charge is -2.37. The van der Waals surface area contributed by atoms with Gasteiger partial charge < -0.3 is 22.3 Å². The molecule has 0 saturated carbocycles. The van der Waals surface area contributed by atoms with Gasteiger partial charge in [0.15, 0.2) is 5.60 Å². The molecular formula is C22H25ClF4N2O2. The number of methoxy groups -OCH3 is 1. The number of pyridine rings is 1. The van der Waals surface area contributed by atoms with E-state index in [1.165, 1.54) is 43.9 Å². The molecule has 0 spiro atoms. The van der Waals surface area contributed by atoms with E-state index in [4.69, 9.17) is 4.74 Å². The SMILES string of the molecule is COc1ccc(F)c(C(C)(C)CC(O)(C[n+]2cccc3cc(C)[nH]c32)C(F)(F)F)c1.[Cl-]. The van der Waals surface area contributed by atoms with Gasteiger partial charge in [-0.05, 0) is 60.7 Å². The third-order valence-corrected chi connectivity index (χ3v) is 5.39. The number of benzene rings is 1. The first kappa shape index (κ1) is 24.9. The van der Waals surface area contributed by atoms with Crippen LogP contribution >= 0.6 is 0 Å². The van der Waals surface area contributed by atoms with Crippen molar-refractivity contribution in [2.24, 2.45) is 0 Å². The average Bonchev–Trinajstić information content (AvgIpc) is 3.02. The van der Waals surface area contributed by atoms with Crippen molar-refractivity contribution in [1.82, 2.24) is 4.98 Å². The van der Waals surface area contributed by atoms with E-state index in [2.05, 4.69) is 4.98 Å². The summed E-state index contributed by atoms with van der Waals surface area (Å²) in [6.45, 7) is 4.02. The number of hydrogen-bond acceptors (Lipinski definition) is 2. The molecule has 0 amide bonds. The van der Waals surface area contributed by atoms with E-state index in [0.717, 1.165) is 17.1 Å². The zero-order chi connectivity index (χ0) is 22.3. The summed E-state index contributed by atoms with van der Waals surface area (Å²) in [5.41, 5.74) is -3.11. The molecule has 2 N–H and O–H groups in total. The van der Waals surface area contributed by atoms with Crippen LogP contribution in [0.3, 0.4) is 0 Å². The lowest BCUT2D eigenvalue weighted by atomic mass is 9.74. The van der Waals surface area contributed by atoms with E-state index in [-0.39, 0.29) is 18.0 Å². The Balaban J connectivity index is 0.00000341. The minimum atomic E-state index is -4.93. The Morgan fingerprint density at radius 2 is 1.81 bits per heavy atom. The summed E-state index contributed by atoms with van der Waals surface area (Å²) in [6.07, 6.45) is -4.19. The highest BCUT2D eigenvalue weighted by atomic mass is 35.5. The van der Waals surface area contributed by atoms with Crippen LogP contribution < -0.4 is 21.7 Å². The average molecular weight is 461 g/mol. The Hall–Kier alpha value is -2.32. The van der Waals surface area contributed by atoms with E-state index in [1.54, 1.807) is 19.1 Å². The van der Waals surface area contributed by atoms with Crippen molar-refractivity contribution in [2.45, 2.75) is 50.9 Å². The molecule has 0 radical (unpaired) electrons. The number of H-pyrrole nitrogens is 1. The molecule has 2 heterocycles. The molecule has 3 aromatic rings. The number of hydrogen-bond donors (Lipinski definition) is 2. The molecule has 4 nitrogen and oxygen atoms in total. The number of nitrogens with one attached hydrogen (secondary N) is 1. The van der Waals surface area contributed by atoms with Gasteiger partial charge in [-0.1, -0.05) is 13.8 Å². The van der Waals surface area contributed by atoms with Crippen molar-refractivity contribution in [2.75, 3.05) is 7.11 Å². The van der Waals surface area contributed by atoms with Gasteiger partial charge in [0.1, 0.15) is 18.1 Å². The summed E-state index contributed by atoms with van der Waals surface area (Å²) in [5.74, 6) is -0.323. The molecule has 0 aliphatic heterocycles. The number of fused-ring (bicyclic) bond motifs is 1. The van der Waals surface area contributed by atoms with Crippen molar-refractivity contribution < 1.29 is 44.4 Å². The van der Waals surface area contributed by atoms with Crippen molar-refractivity contribution in [1.29, 1.82) is 0 Å². The number of aromatic amines is 1. The summed E-state index contributed by atoms with van der Waals surface area (Å²) in [7, 11) is 1.39. The highest BCUT2D eigenvalue weighted by Gasteiger charge is 2.58. The number of aromatic nitrogens is 2. The van der Waals surface area contributed by atoms with Gasteiger partial charge >= 0.3 is 6.18 Å². The topological polar surface area (TPSA) is 49.1 Å². The Bertz CT molecular complexity index is 1070. The van der Waals surface area contributed by atoms with Crippen LogP contribution in [0.1, 0.15) is 31.5 Å². The molecule has 1 atom stereocenters. The molecule has 31 heavy (non-hydrogen) atoms. The van der Waals surface area contributed by atoms with Gasteiger partial charge in [-0.2, -0.15) is 13.2 Å². The Morgan fingerprint density at radius 3 is 2.42 bits per heavy atom.